The molecular formula is C9H16N2O2. The van der Waals surface area contributed by atoms with Gasteiger partial charge in [0.15, 0.2) is 0 Å². The molecule has 0 aromatic carbocycles. The van der Waals surface area contributed by atoms with E-state index >= 15 is 0 Å². The van der Waals surface area contributed by atoms with Gasteiger partial charge in [-0.15, -0.1) is 0 Å². The molecule has 2 fully saturated rings. The van der Waals surface area contributed by atoms with Crippen LogP contribution in [0.5, 0.6) is 0 Å². The Hall–Kier alpha value is -0.610. The van der Waals surface area contributed by atoms with Gasteiger partial charge in [-0.3, -0.25) is 9.69 Å². The van der Waals surface area contributed by atoms with E-state index in [0.717, 1.165) is 26.3 Å². The number of amides is 1. The van der Waals surface area contributed by atoms with E-state index in [1.807, 2.05) is 13.8 Å². The molecule has 0 saturated carbocycles. The molecule has 2 aliphatic heterocycles. The van der Waals surface area contributed by atoms with E-state index < -0.39 is 0 Å². The lowest BCUT2D eigenvalue weighted by atomic mass is 9.96. The van der Waals surface area contributed by atoms with E-state index in [-0.39, 0.29) is 11.4 Å². The Morgan fingerprint density at radius 2 is 2.23 bits per heavy atom. The highest BCUT2D eigenvalue weighted by Gasteiger charge is 2.43. The molecule has 0 bridgehead atoms. The fraction of sp³-hybridized carbons (Fsp3) is 0.889. The number of carbonyl (C=O) groups is 1. The van der Waals surface area contributed by atoms with Gasteiger partial charge in [0.05, 0.1) is 24.8 Å². The van der Waals surface area contributed by atoms with Crippen molar-refractivity contribution in [2.75, 3.05) is 26.3 Å². The Morgan fingerprint density at radius 3 is 2.77 bits per heavy atom. The lowest BCUT2D eigenvalue weighted by Gasteiger charge is -2.48. The lowest BCUT2D eigenvalue weighted by Crippen LogP contribution is -2.67. The van der Waals surface area contributed by atoms with Gasteiger partial charge >= 0.3 is 0 Å². The van der Waals surface area contributed by atoms with Crippen molar-refractivity contribution >= 4 is 5.91 Å². The number of hydrogen-bond donors (Lipinski definition) is 1. The van der Waals surface area contributed by atoms with Gasteiger partial charge in [-0.2, -0.15) is 0 Å². The molecule has 74 valence electrons. The number of rotatable bonds is 1. The minimum Gasteiger partial charge on any atom is -0.378 e. The first-order chi connectivity index (χ1) is 6.12. The van der Waals surface area contributed by atoms with Gasteiger partial charge in [0, 0.05) is 13.1 Å². The molecule has 0 radical (unpaired) electrons. The minimum absolute atomic E-state index is 0.130. The summed E-state index contributed by atoms with van der Waals surface area (Å²) in [4.78, 5) is 13.8. The van der Waals surface area contributed by atoms with E-state index in [4.69, 9.17) is 4.74 Å². The molecular weight excluding hydrogens is 168 g/mol. The summed E-state index contributed by atoms with van der Waals surface area (Å²) in [5.41, 5.74) is -0.368. The summed E-state index contributed by atoms with van der Waals surface area (Å²) >= 11 is 0. The summed E-state index contributed by atoms with van der Waals surface area (Å²) in [5, 5.41) is 2.88. The van der Waals surface area contributed by atoms with Crippen molar-refractivity contribution < 1.29 is 9.53 Å². The summed E-state index contributed by atoms with van der Waals surface area (Å²) in [6.07, 6.45) is 0. The van der Waals surface area contributed by atoms with Crippen LogP contribution in [0.3, 0.4) is 0 Å². The van der Waals surface area contributed by atoms with Crippen LogP contribution in [0.2, 0.25) is 0 Å². The number of carbonyl (C=O) groups excluding carboxylic acids is 1. The van der Waals surface area contributed by atoms with Gasteiger partial charge in [-0.05, 0) is 13.8 Å². The van der Waals surface area contributed by atoms with Crippen molar-refractivity contribution in [3.05, 3.63) is 0 Å². The summed E-state index contributed by atoms with van der Waals surface area (Å²) in [6, 6.07) is 0.445. The Balaban J connectivity index is 2.11. The summed E-state index contributed by atoms with van der Waals surface area (Å²) < 4.78 is 5.14. The number of nitrogens with one attached hydrogen (secondary N) is 1. The Labute approximate surface area is 78.2 Å². The minimum atomic E-state index is -0.368. The van der Waals surface area contributed by atoms with Gasteiger partial charge in [0.2, 0.25) is 5.91 Å². The zero-order valence-electron chi connectivity index (χ0n) is 8.17. The molecule has 0 unspecified atom stereocenters. The maximum atomic E-state index is 11.6. The van der Waals surface area contributed by atoms with Gasteiger partial charge in [0.1, 0.15) is 0 Å². The molecule has 0 aromatic heterocycles. The summed E-state index contributed by atoms with van der Waals surface area (Å²) in [7, 11) is 0. The van der Waals surface area contributed by atoms with E-state index in [2.05, 4.69) is 10.2 Å². The van der Waals surface area contributed by atoms with Gasteiger partial charge in [0.25, 0.3) is 0 Å². The second kappa shape index (κ2) is 2.96. The Kier molecular flexibility index (Phi) is 2.04. The molecule has 0 aliphatic carbocycles. The smallest absolute Gasteiger partial charge is 0.240 e. The second-order valence-corrected chi connectivity index (χ2v) is 4.20. The van der Waals surface area contributed by atoms with E-state index in [1.165, 1.54) is 0 Å². The first-order valence-corrected chi connectivity index (χ1v) is 4.75. The highest BCUT2D eigenvalue weighted by Crippen LogP contribution is 2.23. The molecule has 4 nitrogen and oxygen atoms in total. The van der Waals surface area contributed by atoms with Crippen LogP contribution in [0.25, 0.3) is 0 Å². The van der Waals surface area contributed by atoms with Crippen LogP contribution in [0.15, 0.2) is 0 Å². The van der Waals surface area contributed by atoms with Crippen molar-refractivity contribution in [1.82, 2.24) is 10.2 Å². The summed E-state index contributed by atoms with van der Waals surface area (Å²) in [6.45, 7) is 7.19. The van der Waals surface area contributed by atoms with Gasteiger partial charge in [-0.25, -0.2) is 0 Å². The number of nitrogens with zero attached hydrogens (tertiary/aromatic N) is 1. The first-order valence-electron chi connectivity index (χ1n) is 4.75. The predicted octanol–water partition coefficient (Wildman–Crippen LogP) is -0.404. The molecule has 1 amide bonds. The Bertz CT molecular complexity index is 224. The third kappa shape index (κ3) is 1.34. The topological polar surface area (TPSA) is 41.6 Å². The lowest BCUT2D eigenvalue weighted by molar-refractivity contribution is -0.148. The maximum Gasteiger partial charge on any atom is 0.240 e. The number of hydrogen-bond acceptors (Lipinski definition) is 3. The third-order valence-electron chi connectivity index (χ3n) is 2.97. The van der Waals surface area contributed by atoms with Crippen LogP contribution in [-0.2, 0) is 9.53 Å². The van der Waals surface area contributed by atoms with Crippen LogP contribution in [0, 0.1) is 0 Å². The van der Waals surface area contributed by atoms with Gasteiger partial charge in [-0.1, -0.05) is 0 Å². The van der Waals surface area contributed by atoms with E-state index in [9.17, 15) is 4.79 Å². The third-order valence-corrected chi connectivity index (χ3v) is 2.97. The van der Waals surface area contributed by atoms with E-state index in [1.54, 1.807) is 0 Å². The zero-order chi connectivity index (χ0) is 9.47. The van der Waals surface area contributed by atoms with Crippen molar-refractivity contribution in [3.63, 3.8) is 0 Å². The predicted molar refractivity (Wildman–Crippen MR) is 48.4 cm³/mol. The normalized spacial score (nSPS) is 29.5. The second-order valence-electron chi connectivity index (χ2n) is 4.20. The fourth-order valence-electron chi connectivity index (χ4n) is 1.96. The molecule has 2 aliphatic rings. The molecule has 4 heteroatoms. The number of piperazine rings is 1. The highest BCUT2D eigenvalue weighted by atomic mass is 16.5. The standard InChI is InChI=1S/C9H16N2O2/c1-9(2)8(12)10-3-4-11(9)7-5-13-6-7/h7H,3-6H2,1-2H3,(H,10,12). The molecule has 2 saturated heterocycles. The van der Waals surface area contributed by atoms with Crippen LogP contribution in [0.4, 0.5) is 0 Å². The van der Waals surface area contributed by atoms with Crippen LogP contribution in [0.1, 0.15) is 13.8 Å². The molecule has 0 aromatic rings. The molecule has 13 heavy (non-hydrogen) atoms. The largest absolute Gasteiger partial charge is 0.378 e. The first kappa shape index (κ1) is 8.97. The van der Waals surface area contributed by atoms with Crippen molar-refractivity contribution in [2.24, 2.45) is 0 Å². The monoisotopic (exact) mass is 184 g/mol. The zero-order valence-corrected chi connectivity index (χ0v) is 8.17. The molecule has 0 spiro atoms. The maximum absolute atomic E-state index is 11.6. The fourth-order valence-corrected chi connectivity index (χ4v) is 1.96. The highest BCUT2D eigenvalue weighted by molar-refractivity contribution is 5.86. The van der Waals surface area contributed by atoms with E-state index in [0.29, 0.717) is 6.04 Å². The molecule has 1 N–H and O–H groups in total. The summed E-state index contributed by atoms with van der Waals surface area (Å²) in [5.74, 6) is 0.130. The average molecular weight is 184 g/mol. The van der Waals surface area contributed by atoms with Crippen molar-refractivity contribution in [3.8, 4) is 0 Å². The Morgan fingerprint density at radius 1 is 1.54 bits per heavy atom. The van der Waals surface area contributed by atoms with Crippen LogP contribution >= 0.6 is 0 Å². The van der Waals surface area contributed by atoms with Crippen LogP contribution < -0.4 is 5.32 Å². The SMILES string of the molecule is CC1(C)C(=O)NCCN1C1COC1. The van der Waals surface area contributed by atoms with Gasteiger partial charge < -0.3 is 10.1 Å². The average Bonchev–Trinajstić information content (AvgIpc) is 1.96. The molecule has 2 rings (SSSR count). The van der Waals surface area contributed by atoms with Crippen molar-refractivity contribution in [1.29, 1.82) is 0 Å². The quantitative estimate of drug-likeness (QED) is 0.602. The van der Waals surface area contributed by atoms with Crippen LogP contribution in [-0.4, -0.2) is 48.7 Å². The number of ether oxygens (including phenoxy) is 1. The molecule has 0 atom stereocenters. The molecule has 2 heterocycles. The van der Waals surface area contributed by atoms with Crippen molar-refractivity contribution in [2.45, 2.75) is 25.4 Å².